The molecule has 0 atom stereocenters. The number of benzene rings is 3. The number of fused-ring (bicyclic) bond motifs is 1. The van der Waals surface area contributed by atoms with Crippen LogP contribution >= 0.6 is 11.6 Å². The maximum atomic E-state index is 6.44. The van der Waals surface area contributed by atoms with Gasteiger partial charge in [0.05, 0.1) is 22.9 Å². The lowest BCUT2D eigenvalue weighted by atomic mass is 9.98. The Morgan fingerprint density at radius 1 is 0.895 bits per heavy atom. The highest BCUT2D eigenvalue weighted by Crippen LogP contribution is 2.31. The zero-order chi connectivity index (χ0) is 25.9. The molecular weight excluding hydrogens is 494 g/mol. The van der Waals surface area contributed by atoms with Gasteiger partial charge in [0, 0.05) is 29.1 Å². The second-order valence-corrected chi connectivity index (χ2v) is 9.64. The van der Waals surface area contributed by atoms with Crippen molar-refractivity contribution >= 4 is 22.6 Å². The standard InChI is InChI=1S/C30H26ClN7/c1-2-3-12-29-33-27-17-26(24-10-6-7-11-25(24)31)32-18-28(27)38(29)19-20-13-15-21(16-14-20)22-8-4-5-9-23(22)30-34-36-37-35-30/h4-11,13-18H,2-3,12,19H2,1H3,(H,34,35,36,37). The van der Waals surface area contributed by atoms with Crippen molar-refractivity contribution in [3.63, 3.8) is 0 Å². The molecule has 0 radical (unpaired) electrons. The van der Waals surface area contributed by atoms with E-state index < -0.39 is 0 Å². The lowest BCUT2D eigenvalue weighted by Crippen LogP contribution is -2.05. The van der Waals surface area contributed by atoms with E-state index in [2.05, 4.69) is 62.4 Å². The number of tetrazole rings is 1. The van der Waals surface area contributed by atoms with Crippen molar-refractivity contribution in [1.29, 1.82) is 0 Å². The first-order valence-electron chi connectivity index (χ1n) is 12.7. The molecule has 0 fully saturated rings. The summed E-state index contributed by atoms with van der Waals surface area (Å²) in [6.07, 6.45) is 5.04. The summed E-state index contributed by atoms with van der Waals surface area (Å²) < 4.78 is 2.29. The van der Waals surface area contributed by atoms with E-state index in [4.69, 9.17) is 21.6 Å². The number of hydrogen-bond donors (Lipinski definition) is 1. The van der Waals surface area contributed by atoms with E-state index in [1.807, 2.05) is 54.7 Å². The monoisotopic (exact) mass is 519 g/mol. The summed E-state index contributed by atoms with van der Waals surface area (Å²) in [4.78, 5) is 9.78. The summed E-state index contributed by atoms with van der Waals surface area (Å²) in [5, 5.41) is 15.3. The number of nitrogens with zero attached hydrogens (tertiary/aromatic N) is 6. The second kappa shape index (κ2) is 10.6. The van der Waals surface area contributed by atoms with Gasteiger partial charge in [0.2, 0.25) is 5.82 Å². The van der Waals surface area contributed by atoms with Gasteiger partial charge in [-0.3, -0.25) is 4.98 Å². The molecule has 7 nitrogen and oxygen atoms in total. The highest BCUT2D eigenvalue weighted by molar-refractivity contribution is 6.33. The topological polar surface area (TPSA) is 85.2 Å². The predicted molar refractivity (Wildman–Crippen MR) is 151 cm³/mol. The number of halogens is 1. The molecule has 0 saturated heterocycles. The highest BCUT2D eigenvalue weighted by atomic mass is 35.5. The third-order valence-corrected chi connectivity index (χ3v) is 7.07. The molecular formula is C30H26ClN7. The molecule has 0 bridgehead atoms. The number of aryl methyl sites for hydroxylation is 1. The quantitative estimate of drug-likeness (QED) is 0.234. The lowest BCUT2D eigenvalue weighted by Gasteiger charge is -2.11. The number of aromatic nitrogens is 7. The SMILES string of the molecule is CCCCc1nc2cc(-c3ccccc3Cl)ncc2n1Cc1ccc(-c2ccccc2-c2nn[nH]n2)cc1. The summed E-state index contributed by atoms with van der Waals surface area (Å²) in [7, 11) is 0. The number of hydrogen-bond acceptors (Lipinski definition) is 5. The van der Waals surface area contributed by atoms with Crippen molar-refractivity contribution in [3.05, 3.63) is 101 Å². The minimum absolute atomic E-state index is 0.582. The van der Waals surface area contributed by atoms with Gasteiger partial charge < -0.3 is 4.57 Å². The van der Waals surface area contributed by atoms with Gasteiger partial charge in [-0.2, -0.15) is 5.21 Å². The number of imidazole rings is 1. The number of nitrogens with one attached hydrogen (secondary N) is 1. The molecule has 0 aliphatic carbocycles. The van der Waals surface area contributed by atoms with Crippen molar-refractivity contribution in [2.75, 3.05) is 0 Å². The normalized spacial score (nSPS) is 11.3. The van der Waals surface area contributed by atoms with Crippen molar-refractivity contribution in [1.82, 2.24) is 35.2 Å². The number of rotatable bonds is 8. The summed E-state index contributed by atoms with van der Waals surface area (Å²) in [6.45, 7) is 2.92. The Morgan fingerprint density at radius 2 is 1.66 bits per heavy atom. The van der Waals surface area contributed by atoms with Crippen LogP contribution in [0.1, 0.15) is 31.2 Å². The average molecular weight is 520 g/mol. The van der Waals surface area contributed by atoms with Gasteiger partial charge in [0.25, 0.3) is 0 Å². The molecule has 0 unspecified atom stereocenters. The minimum atomic E-state index is 0.582. The van der Waals surface area contributed by atoms with Crippen LogP contribution in [-0.2, 0) is 13.0 Å². The number of unbranched alkanes of at least 4 members (excludes halogenated alkanes) is 1. The summed E-state index contributed by atoms with van der Waals surface area (Å²) in [5.41, 5.74) is 8.01. The van der Waals surface area contributed by atoms with Crippen molar-refractivity contribution in [2.24, 2.45) is 0 Å². The summed E-state index contributed by atoms with van der Waals surface area (Å²) >= 11 is 6.44. The smallest absolute Gasteiger partial charge is 0.205 e. The van der Waals surface area contributed by atoms with Gasteiger partial charge in [-0.1, -0.05) is 91.7 Å². The highest BCUT2D eigenvalue weighted by Gasteiger charge is 2.15. The largest absolute Gasteiger partial charge is 0.322 e. The first-order valence-corrected chi connectivity index (χ1v) is 13.1. The molecule has 1 N–H and O–H groups in total. The Bertz CT molecular complexity index is 1690. The van der Waals surface area contributed by atoms with E-state index in [0.29, 0.717) is 10.8 Å². The Balaban J connectivity index is 1.34. The van der Waals surface area contributed by atoms with E-state index >= 15 is 0 Å². The lowest BCUT2D eigenvalue weighted by molar-refractivity contribution is 0.689. The van der Waals surface area contributed by atoms with E-state index in [0.717, 1.165) is 70.6 Å². The molecule has 0 aliphatic heterocycles. The fraction of sp³-hybridized carbons (Fsp3) is 0.167. The molecule has 3 aromatic heterocycles. The van der Waals surface area contributed by atoms with Gasteiger partial charge in [-0.05, 0) is 40.5 Å². The summed E-state index contributed by atoms with van der Waals surface area (Å²) in [5.74, 6) is 1.66. The predicted octanol–water partition coefficient (Wildman–Crippen LogP) is 6.99. The fourth-order valence-electron chi connectivity index (χ4n) is 4.77. The van der Waals surface area contributed by atoms with Gasteiger partial charge in [-0.15, -0.1) is 10.2 Å². The minimum Gasteiger partial charge on any atom is -0.322 e. The van der Waals surface area contributed by atoms with Crippen LogP contribution in [0.4, 0.5) is 0 Å². The summed E-state index contributed by atoms with van der Waals surface area (Å²) in [6, 6.07) is 26.5. The maximum Gasteiger partial charge on any atom is 0.205 e. The van der Waals surface area contributed by atoms with Gasteiger partial charge >= 0.3 is 0 Å². The van der Waals surface area contributed by atoms with E-state index in [-0.39, 0.29) is 0 Å². The Kier molecular flexibility index (Phi) is 6.67. The zero-order valence-corrected chi connectivity index (χ0v) is 21.7. The Hall–Kier alpha value is -4.36. The number of H-pyrrole nitrogens is 1. The Labute approximate surface area is 225 Å². The first-order chi connectivity index (χ1) is 18.7. The third-order valence-electron chi connectivity index (χ3n) is 6.74. The maximum absolute atomic E-state index is 6.44. The van der Waals surface area contributed by atoms with E-state index in [1.54, 1.807) is 0 Å². The molecule has 6 rings (SSSR count). The fourth-order valence-corrected chi connectivity index (χ4v) is 5.00. The van der Waals surface area contributed by atoms with Gasteiger partial charge in [0.15, 0.2) is 0 Å². The molecule has 188 valence electrons. The second-order valence-electron chi connectivity index (χ2n) is 9.23. The van der Waals surface area contributed by atoms with Gasteiger partial charge in [-0.25, -0.2) is 4.98 Å². The number of pyridine rings is 1. The van der Waals surface area contributed by atoms with E-state index in [1.165, 1.54) is 5.56 Å². The first kappa shape index (κ1) is 24.0. The van der Waals surface area contributed by atoms with Crippen molar-refractivity contribution in [2.45, 2.75) is 32.7 Å². The molecule has 0 spiro atoms. The molecule has 0 saturated carbocycles. The molecule has 38 heavy (non-hydrogen) atoms. The molecule has 0 aliphatic rings. The van der Waals surface area contributed by atoms with Crippen LogP contribution in [0.5, 0.6) is 0 Å². The van der Waals surface area contributed by atoms with Crippen LogP contribution < -0.4 is 0 Å². The molecule has 3 aromatic carbocycles. The molecule has 6 aromatic rings. The third kappa shape index (κ3) is 4.68. The van der Waals surface area contributed by atoms with Crippen LogP contribution in [0, 0.1) is 0 Å². The van der Waals surface area contributed by atoms with Crippen LogP contribution in [0.15, 0.2) is 85.1 Å². The van der Waals surface area contributed by atoms with Gasteiger partial charge in [0.1, 0.15) is 5.82 Å². The molecule has 8 heteroatoms. The Morgan fingerprint density at radius 3 is 2.39 bits per heavy atom. The van der Waals surface area contributed by atoms with Crippen molar-refractivity contribution in [3.8, 4) is 33.8 Å². The van der Waals surface area contributed by atoms with Crippen LogP contribution in [0.3, 0.4) is 0 Å². The van der Waals surface area contributed by atoms with E-state index in [9.17, 15) is 0 Å². The van der Waals surface area contributed by atoms with Crippen molar-refractivity contribution < 1.29 is 0 Å². The molecule has 3 heterocycles. The molecule has 0 amide bonds. The van der Waals surface area contributed by atoms with Crippen LogP contribution in [0.25, 0.3) is 44.8 Å². The van der Waals surface area contributed by atoms with Crippen LogP contribution in [-0.4, -0.2) is 35.2 Å². The zero-order valence-electron chi connectivity index (χ0n) is 21.0. The van der Waals surface area contributed by atoms with Crippen LogP contribution in [0.2, 0.25) is 5.02 Å². The number of aromatic amines is 1. The average Bonchev–Trinajstić information content (AvgIpc) is 3.61.